The number of morpholine rings is 1. The summed E-state index contributed by atoms with van der Waals surface area (Å²) < 4.78 is 44.3. The third kappa shape index (κ3) is 5.31. The van der Waals surface area contributed by atoms with E-state index in [1.54, 1.807) is 6.07 Å². The van der Waals surface area contributed by atoms with Gasteiger partial charge in [-0.05, 0) is 37.6 Å². The predicted molar refractivity (Wildman–Crippen MR) is 101 cm³/mol. The predicted octanol–water partition coefficient (Wildman–Crippen LogP) is 2.15. The molecule has 0 saturated carbocycles. The largest absolute Gasteiger partial charge is 0.416 e. The van der Waals surface area contributed by atoms with Crippen LogP contribution < -0.4 is 5.73 Å². The number of amides is 1. The summed E-state index contributed by atoms with van der Waals surface area (Å²) in [5.41, 5.74) is 5.67. The molecule has 1 fully saturated rings. The Morgan fingerprint density at radius 2 is 2.13 bits per heavy atom. The third-order valence-electron chi connectivity index (χ3n) is 4.81. The van der Waals surface area contributed by atoms with E-state index in [2.05, 4.69) is 9.97 Å². The van der Waals surface area contributed by atoms with Crippen molar-refractivity contribution in [2.24, 2.45) is 5.73 Å². The van der Waals surface area contributed by atoms with Gasteiger partial charge in [-0.2, -0.15) is 18.4 Å². The topological polar surface area (TPSA) is 105 Å². The first-order valence-corrected chi connectivity index (χ1v) is 9.34. The molecule has 0 aliphatic carbocycles. The average molecular weight is 419 g/mol. The quantitative estimate of drug-likeness (QED) is 0.769. The van der Waals surface area contributed by atoms with E-state index in [1.165, 1.54) is 12.1 Å². The summed E-state index contributed by atoms with van der Waals surface area (Å²) in [7, 11) is 0. The fourth-order valence-corrected chi connectivity index (χ4v) is 3.31. The molecule has 1 saturated heterocycles. The van der Waals surface area contributed by atoms with Crippen LogP contribution in [0, 0.1) is 11.3 Å². The van der Waals surface area contributed by atoms with E-state index in [0.29, 0.717) is 38.2 Å². The first kappa shape index (κ1) is 21.7. The summed E-state index contributed by atoms with van der Waals surface area (Å²) in [5, 5.41) is 9.21. The summed E-state index contributed by atoms with van der Waals surface area (Å²) in [6, 6.07) is 7.74. The number of halogens is 3. The van der Waals surface area contributed by atoms with Crippen molar-refractivity contribution in [3.8, 4) is 17.3 Å². The molecule has 2 aromatic rings. The molecule has 158 valence electrons. The van der Waals surface area contributed by atoms with Gasteiger partial charge in [0.1, 0.15) is 12.1 Å². The Hall–Kier alpha value is -3.03. The number of hydrogen-bond acceptors (Lipinski definition) is 6. The molecule has 0 bridgehead atoms. The molecule has 10 heteroatoms. The normalized spacial score (nSPS) is 17.5. The molecule has 0 spiro atoms. The highest BCUT2D eigenvalue weighted by atomic mass is 19.4. The highest BCUT2D eigenvalue weighted by molar-refractivity contribution is 5.80. The number of nitrogens with two attached hydrogens (primary N) is 1. The molecule has 0 radical (unpaired) electrons. The molecular formula is C20H20F3N5O2. The van der Waals surface area contributed by atoms with E-state index in [-0.39, 0.29) is 23.7 Å². The van der Waals surface area contributed by atoms with Gasteiger partial charge >= 0.3 is 6.18 Å². The van der Waals surface area contributed by atoms with Gasteiger partial charge in [0, 0.05) is 17.8 Å². The van der Waals surface area contributed by atoms with Gasteiger partial charge in [-0.1, -0.05) is 12.1 Å². The second-order valence-electron chi connectivity index (χ2n) is 6.89. The zero-order valence-electron chi connectivity index (χ0n) is 16.0. The van der Waals surface area contributed by atoms with Crippen molar-refractivity contribution in [2.45, 2.75) is 25.1 Å². The van der Waals surface area contributed by atoms with E-state index in [0.717, 1.165) is 12.1 Å². The average Bonchev–Trinajstić information content (AvgIpc) is 2.73. The number of aryl methyl sites for hydroxylation is 1. The van der Waals surface area contributed by atoms with Crippen molar-refractivity contribution in [1.82, 2.24) is 14.9 Å². The van der Waals surface area contributed by atoms with Crippen molar-refractivity contribution in [3.63, 3.8) is 0 Å². The molecule has 0 unspecified atom stereocenters. The molecule has 30 heavy (non-hydrogen) atoms. The van der Waals surface area contributed by atoms with Gasteiger partial charge in [0.05, 0.1) is 24.5 Å². The summed E-state index contributed by atoms with van der Waals surface area (Å²) in [4.78, 5) is 21.7. The highest BCUT2D eigenvalue weighted by Crippen LogP contribution is 2.31. The fraction of sp³-hybridized carbons (Fsp3) is 0.400. The molecule has 1 aliphatic rings. The van der Waals surface area contributed by atoms with E-state index in [9.17, 15) is 23.2 Å². The number of benzene rings is 1. The van der Waals surface area contributed by atoms with Crippen LogP contribution in [0.1, 0.15) is 23.5 Å². The molecule has 1 aromatic heterocycles. The maximum Gasteiger partial charge on any atom is 0.416 e. The number of nitriles is 1. The molecular weight excluding hydrogens is 399 g/mol. The van der Waals surface area contributed by atoms with Crippen LogP contribution in [-0.2, 0) is 22.1 Å². The molecule has 2 N–H and O–H groups in total. The number of ether oxygens (including phenoxy) is 1. The van der Waals surface area contributed by atoms with Gasteiger partial charge in [-0.3, -0.25) is 9.69 Å². The molecule has 7 nitrogen and oxygen atoms in total. The number of aromatic nitrogens is 2. The van der Waals surface area contributed by atoms with Crippen LogP contribution in [0.4, 0.5) is 13.2 Å². The van der Waals surface area contributed by atoms with Crippen LogP contribution in [0.3, 0.4) is 0 Å². The number of rotatable bonds is 6. The van der Waals surface area contributed by atoms with Gasteiger partial charge < -0.3 is 10.5 Å². The third-order valence-corrected chi connectivity index (χ3v) is 4.81. The van der Waals surface area contributed by atoms with Gasteiger partial charge in [0.25, 0.3) is 0 Å². The smallest absolute Gasteiger partial charge is 0.378 e. The number of primary amides is 1. The lowest BCUT2D eigenvalue weighted by atomic mass is 10.1. The number of nitrogens with zero attached hydrogens (tertiary/aromatic N) is 4. The van der Waals surface area contributed by atoms with Crippen molar-refractivity contribution in [2.75, 3.05) is 26.3 Å². The molecule has 1 aromatic carbocycles. The minimum Gasteiger partial charge on any atom is -0.378 e. The lowest BCUT2D eigenvalue weighted by molar-refractivity contribution is -0.137. The van der Waals surface area contributed by atoms with Gasteiger partial charge in [0.15, 0.2) is 0 Å². The van der Waals surface area contributed by atoms with Crippen molar-refractivity contribution in [1.29, 1.82) is 5.26 Å². The van der Waals surface area contributed by atoms with Gasteiger partial charge in [-0.15, -0.1) is 0 Å². The monoisotopic (exact) mass is 419 g/mol. The Morgan fingerprint density at radius 3 is 2.83 bits per heavy atom. The summed E-state index contributed by atoms with van der Waals surface area (Å²) in [5.74, 6) is -0.559. The van der Waals surface area contributed by atoms with Crippen LogP contribution in [-0.4, -0.2) is 53.1 Å². The van der Waals surface area contributed by atoms with E-state index < -0.39 is 23.7 Å². The second-order valence-corrected chi connectivity index (χ2v) is 6.89. The molecule has 1 atom stereocenters. The Kier molecular flexibility index (Phi) is 6.64. The lowest BCUT2D eigenvalue weighted by Gasteiger charge is -2.33. The Morgan fingerprint density at radius 1 is 1.33 bits per heavy atom. The first-order chi connectivity index (χ1) is 14.3. The van der Waals surface area contributed by atoms with Crippen molar-refractivity contribution >= 4 is 5.91 Å². The van der Waals surface area contributed by atoms with Crippen LogP contribution in [0.25, 0.3) is 11.3 Å². The standard InChI is InChI=1S/C20H20F3N5O2/c21-20(22,23)14-4-1-3-13(9-14)16-10-15(26-18(11-24)27-16)5-2-6-28-7-8-30-12-17(28)19(25)29/h1,3-4,9-10,17H,2,5-8,12H2,(H2,25,29)/t17-/m0/s1. The van der Waals surface area contributed by atoms with E-state index >= 15 is 0 Å². The SMILES string of the molecule is N#Cc1nc(CCCN2CCOC[C@H]2C(N)=O)cc(-c2cccc(C(F)(F)F)c2)n1. The van der Waals surface area contributed by atoms with Gasteiger partial charge in [0.2, 0.25) is 11.7 Å². The first-order valence-electron chi connectivity index (χ1n) is 9.34. The molecule has 2 heterocycles. The second kappa shape index (κ2) is 9.19. The highest BCUT2D eigenvalue weighted by Gasteiger charge is 2.30. The minimum absolute atomic E-state index is 0.110. The van der Waals surface area contributed by atoms with Crippen LogP contribution in [0.2, 0.25) is 0 Å². The lowest BCUT2D eigenvalue weighted by Crippen LogP contribution is -2.52. The number of carbonyl (C=O) groups excluding carboxylic acids is 1. The minimum atomic E-state index is -4.47. The Bertz CT molecular complexity index is 958. The van der Waals surface area contributed by atoms with Crippen LogP contribution in [0.15, 0.2) is 30.3 Å². The summed E-state index contributed by atoms with van der Waals surface area (Å²) >= 11 is 0. The van der Waals surface area contributed by atoms with Gasteiger partial charge in [-0.25, -0.2) is 9.97 Å². The number of carbonyl (C=O) groups is 1. The van der Waals surface area contributed by atoms with Crippen LogP contribution in [0.5, 0.6) is 0 Å². The van der Waals surface area contributed by atoms with Crippen molar-refractivity contribution in [3.05, 3.63) is 47.4 Å². The number of alkyl halides is 3. The van der Waals surface area contributed by atoms with Crippen LogP contribution >= 0.6 is 0 Å². The zero-order chi connectivity index (χ0) is 21.7. The molecule has 1 amide bonds. The van der Waals surface area contributed by atoms with Crippen molar-refractivity contribution < 1.29 is 22.7 Å². The summed E-state index contributed by atoms with van der Waals surface area (Å²) in [6.45, 7) is 1.91. The Balaban J connectivity index is 1.75. The fourth-order valence-electron chi connectivity index (χ4n) is 3.31. The number of hydrogen-bond donors (Lipinski definition) is 1. The molecule has 3 rings (SSSR count). The van der Waals surface area contributed by atoms with E-state index in [4.69, 9.17) is 10.5 Å². The maximum absolute atomic E-state index is 13.0. The summed E-state index contributed by atoms with van der Waals surface area (Å²) in [6.07, 6.45) is -3.39. The van der Waals surface area contributed by atoms with E-state index in [1.807, 2.05) is 11.0 Å². The Labute approximate surface area is 171 Å². The molecule has 1 aliphatic heterocycles. The maximum atomic E-state index is 13.0. The zero-order valence-corrected chi connectivity index (χ0v) is 16.0.